The van der Waals surface area contributed by atoms with Crippen molar-refractivity contribution in [2.45, 2.75) is 82.8 Å². The number of hydrogen-bond acceptors (Lipinski definition) is 3. The second-order valence-electron chi connectivity index (χ2n) is 6.86. The highest BCUT2D eigenvalue weighted by molar-refractivity contribution is 4.92. The first-order chi connectivity index (χ1) is 9.78. The van der Waals surface area contributed by atoms with Crippen molar-refractivity contribution >= 4 is 0 Å². The van der Waals surface area contributed by atoms with Crippen molar-refractivity contribution in [3.8, 4) is 0 Å². The van der Waals surface area contributed by atoms with Gasteiger partial charge in [-0.25, -0.2) is 0 Å². The summed E-state index contributed by atoms with van der Waals surface area (Å²) in [6.07, 6.45) is 12.3. The standard InChI is InChI=1S/C17H33NO2/c1-2-6-15(7-11-19)14-18-16-8-12-20-17(13-16)9-4-3-5-10-17/h15-16,18-19H,2-14H2,1H3. The molecule has 2 unspecified atom stereocenters. The third kappa shape index (κ3) is 4.71. The Hall–Kier alpha value is -0.120. The maximum atomic E-state index is 9.15. The molecule has 2 aliphatic rings. The molecule has 2 atom stereocenters. The summed E-state index contributed by atoms with van der Waals surface area (Å²) in [6.45, 7) is 4.55. The van der Waals surface area contributed by atoms with Gasteiger partial charge in [0.15, 0.2) is 0 Å². The second kappa shape index (κ2) is 8.35. The summed E-state index contributed by atoms with van der Waals surface area (Å²) < 4.78 is 6.16. The lowest BCUT2D eigenvalue weighted by Gasteiger charge is -2.44. The van der Waals surface area contributed by atoms with Crippen LogP contribution in [-0.2, 0) is 4.74 Å². The van der Waals surface area contributed by atoms with Gasteiger partial charge in [-0.1, -0.05) is 32.6 Å². The fourth-order valence-electron chi connectivity index (χ4n) is 4.02. The van der Waals surface area contributed by atoms with Crippen LogP contribution in [0, 0.1) is 5.92 Å². The molecule has 0 radical (unpaired) electrons. The van der Waals surface area contributed by atoms with Crippen LogP contribution in [0.15, 0.2) is 0 Å². The zero-order chi connectivity index (χ0) is 14.3. The molecule has 0 aromatic heterocycles. The summed E-state index contributed by atoms with van der Waals surface area (Å²) in [4.78, 5) is 0. The first-order valence-corrected chi connectivity index (χ1v) is 8.76. The Labute approximate surface area is 124 Å². The van der Waals surface area contributed by atoms with E-state index in [4.69, 9.17) is 9.84 Å². The molecule has 1 spiro atoms. The second-order valence-corrected chi connectivity index (χ2v) is 6.86. The van der Waals surface area contributed by atoms with E-state index in [-0.39, 0.29) is 5.60 Å². The maximum absolute atomic E-state index is 9.15. The average Bonchev–Trinajstić information content (AvgIpc) is 2.46. The molecule has 2 fully saturated rings. The molecule has 0 aromatic carbocycles. The van der Waals surface area contributed by atoms with Crippen LogP contribution >= 0.6 is 0 Å². The highest BCUT2D eigenvalue weighted by atomic mass is 16.5. The van der Waals surface area contributed by atoms with E-state index >= 15 is 0 Å². The molecule has 1 heterocycles. The van der Waals surface area contributed by atoms with Crippen LogP contribution in [-0.4, -0.2) is 36.5 Å². The lowest BCUT2D eigenvalue weighted by molar-refractivity contribution is -0.109. The van der Waals surface area contributed by atoms with E-state index in [9.17, 15) is 0 Å². The van der Waals surface area contributed by atoms with Crippen molar-refractivity contribution < 1.29 is 9.84 Å². The normalized spacial score (nSPS) is 27.6. The number of ether oxygens (including phenoxy) is 1. The molecule has 1 aliphatic carbocycles. The van der Waals surface area contributed by atoms with Gasteiger partial charge in [0.25, 0.3) is 0 Å². The van der Waals surface area contributed by atoms with Crippen LogP contribution in [0.25, 0.3) is 0 Å². The van der Waals surface area contributed by atoms with Crippen LogP contribution in [0.5, 0.6) is 0 Å². The van der Waals surface area contributed by atoms with E-state index < -0.39 is 0 Å². The third-order valence-electron chi connectivity index (χ3n) is 5.19. The van der Waals surface area contributed by atoms with Gasteiger partial charge in [0, 0.05) is 19.3 Å². The predicted octanol–water partition coefficient (Wildman–Crippen LogP) is 3.26. The maximum Gasteiger partial charge on any atom is 0.0697 e. The molecule has 2 N–H and O–H groups in total. The van der Waals surface area contributed by atoms with Crippen molar-refractivity contribution in [2.75, 3.05) is 19.8 Å². The molecule has 2 rings (SSSR count). The summed E-state index contributed by atoms with van der Waals surface area (Å²) >= 11 is 0. The Morgan fingerprint density at radius 1 is 1.25 bits per heavy atom. The molecule has 3 nitrogen and oxygen atoms in total. The summed E-state index contributed by atoms with van der Waals surface area (Å²) in [7, 11) is 0. The van der Waals surface area contributed by atoms with Crippen molar-refractivity contribution in [3.05, 3.63) is 0 Å². The molecular weight excluding hydrogens is 250 g/mol. The molecule has 0 bridgehead atoms. The fraction of sp³-hybridized carbons (Fsp3) is 1.00. The Kier molecular flexibility index (Phi) is 6.79. The minimum atomic E-state index is 0.200. The topological polar surface area (TPSA) is 41.5 Å². The van der Waals surface area contributed by atoms with Gasteiger partial charge in [-0.3, -0.25) is 0 Å². The molecule has 0 amide bonds. The van der Waals surface area contributed by atoms with Crippen LogP contribution in [0.2, 0.25) is 0 Å². The Bertz CT molecular complexity index is 252. The van der Waals surface area contributed by atoms with Gasteiger partial charge in [0.1, 0.15) is 0 Å². The van der Waals surface area contributed by atoms with Crippen molar-refractivity contribution in [2.24, 2.45) is 5.92 Å². The predicted molar refractivity (Wildman–Crippen MR) is 82.9 cm³/mol. The Morgan fingerprint density at radius 2 is 2.05 bits per heavy atom. The van der Waals surface area contributed by atoms with Gasteiger partial charge < -0.3 is 15.2 Å². The smallest absolute Gasteiger partial charge is 0.0697 e. The van der Waals surface area contributed by atoms with E-state index in [2.05, 4.69) is 12.2 Å². The van der Waals surface area contributed by atoms with E-state index in [1.54, 1.807) is 0 Å². The number of rotatable bonds is 7. The average molecular weight is 283 g/mol. The van der Waals surface area contributed by atoms with Crippen molar-refractivity contribution in [3.63, 3.8) is 0 Å². The molecule has 1 saturated heterocycles. The fourth-order valence-corrected chi connectivity index (χ4v) is 4.02. The molecular formula is C17H33NO2. The SMILES string of the molecule is CCCC(CCO)CNC1CCOC2(CCCCC2)C1. The minimum absolute atomic E-state index is 0.200. The van der Waals surface area contributed by atoms with Crippen LogP contribution in [0.4, 0.5) is 0 Å². The quantitative estimate of drug-likeness (QED) is 0.753. The highest BCUT2D eigenvalue weighted by Crippen LogP contribution is 2.38. The minimum Gasteiger partial charge on any atom is -0.396 e. The molecule has 1 aliphatic heterocycles. The first-order valence-electron chi connectivity index (χ1n) is 8.76. The van der Waals surface area contributed by atoms with Gasteiger partial charge >= 0.3 is 0 Å². The van der Waals surface area contributed by atoms with Crippen molar-refractivity contribution in [1.29, 1.82) is 0 Å². The summed E-state index contributed by atoms with van der Waals surface area (Å²) in [6, 6.07) is 0.625. The monoisotopic (exact) mass is 283 g/mol. The first kappa shape index (κ1) is 16.3. The van der Waals surface area contributed by atoms with E-state index in [0.717, 1.165) is 26.0 Å². The van der Waals surface area contributed by atoms with E-state index in [0.29, 0.717) is 18.6 Å². The van der Waals surface area contributed by atoms with Gasteiger partial charge in [0.05, 0.1) is 5.60 Å². The van der Waals surface area contributed by atoms with Crippen LogP contribution in [0.3, 0.4) is 0 Å². The van der Waals surface area contributed by atoms with E-state index in [1.807, 2.05) is 0 Å². The molecule has 0 aromatic rings. The summed E-state index contributed by atoms with van der Waals surface area (Å²) in [5.74, 6) is 0.634. The summed E-state index contributed by atoms with van der Waals surface area (Å²) in [5, 5.41) is 12.9. The molecule has 1 saturated carbocycles. The van der Waals surface area contributed by atoms with Gasteiger partial charge in [-0.05, 0) is 51.0 Å². The van der Waals surface area contributed by atoms with Gasteiger partial charge in [-0.2, -0.15) is 0 Å². The van der Waals surface area contributed by atoms with E-state index in [1.165, 1.54) is 51.4 Å². The zero-order valence-electron chi connectivity index (χ0n) is 13.2. The van der Waals surface area contributed by atoms with Gasteiger partial charge in [-0.15, -0.1) is 0 Å². The molecule has 118 valence electrons. The van der Waals surface area contributed by atoms with Crippen LogP contribution in [0.1, 0.15) is 71.1 Å². The van der Waals surface area contributed by atoms with Gasteiger partial charge in [0.2, 0.25) is 0 Å². The Balaban J connectivity index is 1.77. The Morgan fingerprint density at radius 3 is 2.75 bits per heavy atom. The van der Waals surface area contributed by atoms with Crippen molar-refractivity contribution in [1.82, 2.24) is 5.32 Å². The molecule has 3 heteroatoms. The number of aliphatic hydroxyl groups excluding tert-OH is 1. The number of aliphatic hydroxyl groups is 1. The number of hydrogen-bond donors (Lipinski definition) is 2. The molecule has 20 heavy (non-hydrogen) atoms. The third-order valence-corrected chi connectivity index (χ3v) is 5.19. The number of nitrogens with one attached hydrogen (secondary N) is 1. The lowest BCUT2D eigenvalue weighted by atomic mass is 9.78. The highest BCUT2D eigenvalue weighted by Gasteiger charge is 2.38. The zero-order valence-corrected chi connectivity index (χ0v) is 13.2. The van der Waals surface area contributed by atoms with Crippen LogP contribution < -0.4 is 5.32 Å². The largest absolute Gasteiger partial charge is 0.396 e. The lowest BCUT2D eigenvalue weighted by Crippen LogP contribution is -2.48. The summed E-state index contributed by atoms with van der Waals surface area (Å²) in [5.41, 5.74) is 0.200.